The minimum absolute atomic E-state index is 0.0874. The molecule has 4 rings (SSSR count). The Morgan fingerprint density at radius 3 is 2.19 bits per heavy atom. The van der Waals surface area contributed by atoms with Gasteiger partial charge in [0.2, 0.25) is 0 Å². The van der Waals surface area contributed by atoms with Crippen molar-refractivity contribution >= 4 is 44.9 Å². The summed E-state index contributed by atoms with van der Waals surface area (Å²) in [7, 11) is -6.23. The number of hydroxylamine groups is 2. The predicted molar refractivity (Wildman–Crippen MR) is 126 cm³/mol. The number of ether oxygens (including phenoxy) is 1. The van der Waals surface area contributed by atoms with Crippen LogP contribution in [0.25, 0.3) is 22.9 Å². The van der Waals surface area contributed by atoms with Crippen LogP contribution >= 0.6 is 0 Å². The highest BCUT2D eigenvalue weighted by atomic mass is 32.2. The van der Waals surface area contributed by atoms with E-state index in [0.717, 1.165) is 17.7 Å². The summed E-state index contributed by atoms with van der Waals surface area (Å²) in [6.07, 6.45) is 4.54. The van der Waals surface area contributed by atoms with Crippen LogP contribution in [0.3, 0.4) is 0 Å². The zero-order chi connectivity index (χ0) is 26.3. The van der Waals surface area contributed by atoms with Crippen molar-refractivity contribution in [2.24, 2.45) is 0 Å². The molecule has 0 radical (unpaired) electrons. The Morgan fingerprint density at radius 1 is 0.944 bits per heavy atom. The molecular weight excluding hydrogens is 499 g/mol. The molecule has 0 saturated heterocycles. The lowest BCUT2D eigenvalue weighted by molar-refractivity contribution is -0.0761. The number of hydrogen-bond donors (Lipinski definition) is 0. The molecule has 0 bridgehead atoms. The Kier molecular flexibility index (Phi) is 6.63. The normalized spacial score (nSPS) is 15.1. The second-order valence-electron chi connectivity index (χ2n) is 8.05. The van der Waals surface area contributed by atoms with Crippen molar-refractivity contribution in [3.05, 3.63) is 76.9 Å². The van der Waals surface area contributed by atoms with Gasteiger partial charge in [-0.15, -0.1) is 9.35 Å². The number of imide groups is 1. The third-order valence-corrected chi connectivity index (χ3v) is 6.52. The molecule has 1 heterocycles. The van der Waals surface area contributed by atoms with Gasteiger partial charge in [-0.2, -0.15) is 21.6 Å². The van der Waals surface area contributed by atoms with Crippen LogP contribution in [0.1, 0.15) is 52.1 Å². The van der Waals surface area contributed by atoms with Gasteiger partial charge < -0.3 is 4.74 Å². The van der Waals surface area contributed by atoms with Crippen LogP contribution in [0.4, 0.5) is 13.2 Å². The molecule has 2 amide bonds. The summed E-state index contributed by atoms with van der Waals surface area (Å²) in [6, 6.07) is 14.7. The van der Waals surface area contributed by atoms with Crippen molar-refractivity contribution in [1.82, 2.24) is 5.06 Å². The number of rotatable bonds is 7. The molecule has 0 aliphatic carbocycles. The highest BCUT2D eigenvalue weighted by Gasteiger charge is 2.51. The van der Waals surface area contributed by atoms with Crippen LogP contribution in [0.5, 0.6) is 5.75 Å². The number of nitrogens with zero attached hydrogens (tertiary/aromatic N) is 1. The minimum Gasteiger partial charge on any atom is -0.491 e. The summed E-state index contributed by atoms with van der Waals surface area (Å²) in [6.45, 7) is 4.00. The van der Waals surface area contributed by atoms with Crippen LogP contribution in [-0.4, -0.2) is 36.9 Å². The van der Waals surface area contributed by atoms with Gasteiger partial charge in [0.1, 0.15) is 5.75 Å². The van der Waals surface area contributed by atoms with E-state index in [-0.39, 0.29) is 27.7 Å². The lowest BCUT2D eigenvalue weighted by Crippen LogP contribution is -2.44. The molecule has 1 aliphatic rings. The fourth-order valence-corrected chi connectivity index (χ4v) is 4.03. The van der Waals surface area contributed by atoms with Crippen molar-refractivity contribution < 1.29 is 40.2 Å². The van der Waals surface area contributed by atoms with E-state index in [4.69, 9.17) is 4.74 Å². The molecule has 3 aromatic rings. The molecule has 0 aromatic heterocycles. The first-order chi connectivity index (χ1) is 16.9. The number of carbonyl (C=O) groups excluding carboxylic acids is 2. The largest absolute Gasteiger partial charge is 0.525 e. The molecule has 36 heavy (non-hydrogen) atoms. The van der Waals surface area contributed by atoms with Crippen LogP contribution in [0, 0.1) is 0 Å². The van der Waals surface area contributed by atoms with Gasteiger partial charge in [0.05, 0.1) is 17.2 Å². The van der Waals surface area contributed by atoms with Gasteiger partial charge in [-0.05, 0) is 54.1 Å². The van der Waals surface area contributed by atoms with E-state index >= 15 is 0 Å². The molecule has 1 unspecified atom stereocenters. The highest BCUT2D eigenvalue weighted by Crippen LogP contribution is 2.35. The van der Waals surface area contributed by atoms with Crippen LogP contribution in [-0.2, 0) is 14.4 Å². The van der Waals surface area contributed by atoms with Gasteiger partial charge in [0.25, 0.3) is 11.8 Å². The highest BCUT2D eigenvalue weighted by molar-refractivity contribution is 7.87. The van der Waals surface area contributed by atoms with E-state index in [1.807, 2.05) is 44.2 Å². The first-order valence-corrected chi connectivity index (χ1v) is 12.2. The van der Waals surface area contributed by atoms with E-state index in [0.29, 0.717) is 10.9 Å². The molecule has 0 spiro atoms. The number of benzene rings is 3. The van der Waals surface area contributed by atoms with Crippen molar-refractivity contribution in [2.75, 3.05) is 0 Å². The number of alkyl halides is 3. The number of hydrogen-bond acceptors (Lipinski definition) is 6. The maximum absolute atomic E-state index is 12.8. The molecular formula is C25H20F3NO6S. The monoisotopic (exact) mass is 519 g/mol. The zero-order valence-electron chi connectivity index (χ0n) is 19.1. The van der Waals surface area contributed by atoms with Gasteiger partial charge in [-0.3, -0.25) is 9.59 Å². The number of halogens is 3. The van der Waals surface area contributed by atoms with Gasteiger partial charge in [-0.25, -0.2) is 0 Å². The molecule has 7 nitrogen and oxygen atoms in total. The zero-order valence-corrected chi connectivity index (χ0v) is 19.9. The fraction of sp³-hybridized carbons (Fsp3) is 0.200. The second-order valence-corrected chi connectivity index (χ2v) is 9.57. The van der Waals surface area contributed by atoms with Crippen molar-refractivity contribution in [3.8, 4) is 5.75 Å². The Morgan fingerprint density at radius 2 is 1.58 bits per heavy atom. The summed E-state index contributed by atoms with van der Waals surface area (Å²) in [5.74, 6) is -1.90. The Labute approximate surface area is 204 Å². The van der Waals surface area contributed by atoms with E-state index in [1.54, 1.807) is 18.2 Å². The molecule has 0 N–H and O–H groups in total. The van der Waals surface area contributed by atoms with Gasteiger partial charge in [0.15, 0.2) is 0 Å². The average molecular weight is 519 g/mol. The number of carbonyl (C=O) groups is 2. The molecule has 3 aromatic carbocycles. The van der Waals surface area contributed by atoms with Gasteiger partial charge in [0, 0.05) is 5.39 Å². The molecule has 0 saturated carbocycles. The fourth-order valence-electron chi connectivity index (χ4n) is 3.61. The molecule has 11 heteroatoms. The van der Waals surface area contributed by atoms with E-state index in [1.165, 1.54) is 18.2 Å². The van der Waals surface area contributed by atoms with Crippen molar-refractivity contribution in [1.29, 1.82) is 0 Å². The summed E-state index contributed by atoms with van der Waals surface area (Å²) < 4.78 is 70.8. The third kappa shape index (κ3) is 4.71. The summed E-state index contributed by atoms with van der Waals surface area (Å²) in [5.41, 5.74) is -4.65. The van der Waals surface area contributed by atoms with E-state index < -0.39 is 27.4 Å². The quantitative estimate of drug-likeness (QED) is 0.231. The lowest BCUT2D eigenvalue weighted by atomic mass is 9.92. The average Bonchev–Trinajstić information content (AvgIpc) is 2.84. The van der Waals surface area contributed by atoms with Crippen LogP contribution in [0.15, 0.2) is 54.6 Å². The smallest absolute Gasteiger partial charge is 0.491 e. The van der Waals surface area contributed by atoms with Crippen molar-refractivity contribution in [2.45, 2.75) is 31.9 Å². The molecule has 0 fully saturated rings. The summed E-state index contributed by atoms with van der Waals surface area (Å²) >= 11 is 0. The Balaban J connectivity index is 1.67. The third-order valence-electron chi connectivity index (χ3n) is 5.61. The standard InChI is InChI=1S/C25H20F3NO6S/c1-3-15(2)34-18-12-8-16(9-13-18)7-10-17-11-14-21-22-19(17)5-4-6-20(22)23(30)29(24(21)31)35-36(32,33)25(26,27)28/h4-15H,3H2,1-2H3. The van der Waals surface area contributed by atoms with Crippen LogP contribution in [0.2, 0.25) is 0 Å². The first-order valence-electron chi connectivity index (χ1n) is 10.8. The van der Waals surface area contributed by atoms with E-state index in [2.05, 4.69) is 4.28 Å². The maximum Gasteiger partial charge on any atom is 0.525 e. The SMILES string of the molecule is CCC(C)Oc1ccc(C=Cc2ccc3c4c(cccc24)C(=O)N(OS(=O)(=O)C(F)(F)F)C3=O)cc1. The predicted octanol–water partition coefficient (Wildman–Crippen LogP) is 5.56. The molecule has 188 valence electrons. The Bertz CT molecular complexity index is 1460. The summed E-state index contributed by atoms with van der Waals surface area (Å²) in [5, 5.41) is 0.299. The minimum atomic E-state index is -6.23. The van der Waals surface area contributed by atoms with E-state index in [9.17, 15) is 31.2 Å². The second kappa shape index (κ2) is 9.40. The number of amides is 2. The Hall–Kier alpha value is -3.70. The molecule has 1 atom stereocenters. The maximum atomic E-state index is 12.8. The lowest BCUT2D eigenvalue weighted by Gasteiger charge is -2.26. The first kappa shape index (κ1) is 25.4. The van der Waals surface area contributed by atoms with Crippen LogP contribution < -0.4 is 4.74 Å². The van der Waals surface area contributed by atoms with Crippen molar-refractivity contribution in [3.63, 3.8) is 0 Å². The summed E-state index contributed by atoms with van der Waals surface area (Å²) in [4.78, 5) is 25.5. The van der Waals surface area contributed by atoms with Gasteiger partial charge in [-0.1, -0.05) is 49.4 Å². The topological polar surface area (TPSA) is 90.0 Å². The molecule has 1 aliphatic heterocycles. The van der Waals surface area contributed by atoms with Gasteiger partial charge >= 0.3 is 15.6 Å².